The molecule has 1 aliphatic rings. The predicted octanol–water partition coefficient (Wildman–Crippen LogP) is 2.76. The molecule has 1 fully saturated rings. The Balaban J connectivity index is 0.00000242. The Morgan fingerprint density at radius 3 is 2.68 bits per heavy atom. The van der Waals surface area contributed by atoms with E-state index in [0.29, 0.717) is 19.1 Å². The fraction of sp³-hybridized carbons (Fsp3) is 0.588. The predicted molar refractivity (Wildman–Crippen MR) is 91.5 cm³/mol. The molecule has 1 aromatic carbocycles. The zero-order valence-electron chi connectivity index (χ0n) is 13.4. The molecular weight excluding hydrogens is 300 g/mol. The minimum absolute atomic E-state index is 0. The first-order valence-electron chi connectivity index (χ1n) is 7.86. The van der Waals surface area contributed by atoms with E-state index < -0.39 is 0 Å². The summed E-state index contributed by atoms with van der Waals surface area (Å²) in [6, 6.07) is 7.93. The van der Waals surface area contributed by atoms with Crippen molar-refractivity contribution in [3.05, 3.63) is 29.8 Å². The van der Waals surface area contributed by atoms with Gasteiger partial charge in [0.05, 0.1) is 6.61 Å². The van der Waals surface area contributed by atoms with Crippen LogP contribution in [0.1, 0.15) is 32.3 Å². The van der Waals surface area contributed by atoms with E-state index in [9.17, 15) is 4.79 Å². The molecule has 0 aliphatic carbocycles. The van der Waals surface area contributed by atoms with Gasteiger partial charge in [0.15, 0.2) is 0 Å². The standard InChI is InChI=1S/C17H26N2O2.ClH/c1-13(2)12-21-16-6-4-3-5-15(16)11-19-17(20)14-7-9-18-10-8-14;/h3-6,13-14,18H,7-12H2,1-2H3,(H,19,20);1H. The lowest BCUT2D eigenvalue weighted by Crippen LogP contribution is -2.37. The maximum atomic E-state index is 12.2. The molecule has 4 nitrogen and oxygen atoms in total. The molecule has 0 unspecified atom stereocenters. The van der Waals surface area contributed by atoms with Gasteiger partial charge in [0.1, 0.15) is 5.75 Å². The van der Waals surface area contributed by atoms with E-state index in [2.05, 4.69) is 24.5 Å². The number of hydrogen-bond acceptors (Lipinski definition) is 3. The third-order valence-corrected chi connectivity index (χ3v) is 3.71. The van der Waals surface area contributed by atoms with Crippen LogP contribution in [-0.2, 0) is 11.3 Å². The maximum absolute atomic E-state index is 12.2. The average Bonchev–Trinajstić information content (AvgIpc) is 2.52. The van der Waals surface area contributed by atoms with Gasteiger partial charge < -0.3 is 15.4 Å². The van der Waals surface area contributed by atoms with Crippen molar-refractivity contribution in [2.45, 2.75) is 33.2 Å². The SMILES string of the molecule is CC(C)COc1ccccc1CNC(=O)C1CCNCC1.Cl. The summed E-state index contributed by atoms with van der Waals surface area (Å²) in [5, 5.41) is 6.33. The van der Waals surface area contributed by atoms with Crippen molar-refractivity contribution in [2.24, 2.45) is 11.8 Å². The van der Waals surface area contributed by atoms with Crippen LogP contribution < -0.4 is 15.4 Å². The number of piperidine rings is 1. The quantitative estimate of drug-likeness (QED) is 0.845. The summed E-state index contributed by atoms with van der Waals surface area (Å²) < 4.78 is 5.82. The zero-order chi connectivity index (χ0) is 15.1. The summed E-state index contributed by atoms with van der Waals surface area (Å²) in [6.07, 6.45) is 1.86. The fourth-order valence-corrected chi connectivity index (χ4v) is 2.46. The van der Waals surface area contributed by atoms with Gasteiger partial charge in [0.2, 0.25) is 5.91 Å². The summed E-state index contributed by atoms with van der Waals surface area (Å²) in [5.41, 5.74) is 1.04. The number of rotatable bonds is 6. The minimum Gasteiger partial charge on any atom is -0.493 e. The second kappa shape index (κ2) is 9.70. The van der Waals surface area contributed by atoms with Crippen molar-refractivity contribution in [1.29, 1.82) is 0 Å². The summed E-state index contributed by atoms with van der Waals surface area (Å²) in [6.45, 7) is 7.36. The lowest BCUT2D eigenvalue weighted by atomic mass is 9.97. The zero-order valence-corrected chi connectivity index (χ0v) is 14.2. The summed E-state index contributed by atoms with van der Waals surface area (Å²) in [5.74, 6) is 1.67. The monoisotopic (exact) mass is 326 g/mol. The van der Waals surface area contributed by atoms with Crippen LogP contribution in [-0.4, -0.2) is 25.6 Å². The molecule has 2 rings (SSSR count). The van der Waals surface area contributed by atoms with Gasteiger partial charge >= 0.3 is 0 Å². The number of carbonyl (C=O) groups excluding carboxylic acids is 1. The molecule has 1 saturated heterocycles. The highest BCUT2D eigenvalue weighted by molar-refractivity contribution is 5.85. The number of benzene rings is 1. The van der Waals surface area contributed by atoms with Gasteiger partial charge in [0, 0.05) is 18.0 Å². The van der Waals surface area contributed by atoms with Gasteiger partial charge in [-0.2, -0.15) is 0 Å². The van der Waals surface area contributed by atoms with E-state index in [1.165, 1.54) is 0 Å². The van der Waals surface area contributed by atoms with Gasteiger partial charge in [-0.1, -0.05) is 32.0 Å². The number of amides is 1. The normalized spacial score (nSPS) is 15.2. The van der Waals surface area contributed by atoms with Crippen LogP contribution in [0.3, 0.4) is 0 Å². The second-order valence-electron chi connectivity index (χ2n) is 6.05. The molecule has 1 aromatic rings. The molecule has 1 heterocycles. The van der Waals surface area contributed by atoms with Gasteiger partial charge in [-0.15, -0.1) is 12.4 Å². The highest BCUT2D eigenvalue weighted by Crippen LogP contribution is 2.19. The number of ether oxygens (including phenoxy) is 1. The van der Waals surface area contributed by atoms with Crippen molar-refractivity contribution in [1.82, 2.24) is 10.6 Å². The first kappa shape index (κ1) is 18.8. The summed E-state index contributed by atoms with van der Waals surface area (Å²) >= 11 is 0. The topological polar surface area (TPSA) is 50.4 Å². The van der Waals surface area contributed by atoms with E-state index in [-0.39, 0.29) is 24.2 Å². The molecule has 0 aromatic heterocycles. The molecule has 1 amide bonds. The third kappa shape index (κ3) is 5.85. The molecule has 5 heteroatoms. The van der Waals surface area contributed by atoms with E-state index >= 15 is 0 Å². The van der Waals surface area contributed by atoms with E-state index in [1.807, 2.05) is 24.3 Å². The van der Waals surface area contributed by atoms with Crippen LogP contribution in [0.25, 0.3) is 0 Å². The first-order chi connectivity index (χ1) is 10.2. The van der Waals surface area contributed by atoms with Crippen LogP contribution >= 0.6 is 12.4 Å². The van der Waals surface area contributed by atoms with Gasteiger partial charge in [-0.3, -0.25) is 4.79 Å². The number of halogens is 1. The first-order valence-corrected chi connectivity index (χ1v) is 7.86. The smallest absolute Gasteiger partial charge is 0.223 e. The highest BCUT2D eigenvalue weighted by Gasteiger charge is 2.20. The van der Waals surface area contributed by atoms with E-state index in [4.69, 9.17) is 4.74 Å². The molecule has 22 heavy (non-hydrogen) atoms. The number of carbonyl (C=O) groups is 1. The molecule has 2 N–H and O–H groups in total. The molecular formula is C17H27ClN2O2. The number of nitrogens with one attached hydrogen (secondary N) is 2. The Bertz CT molecular complexity index is 460. The summed E-state index contributed by atoms with van der Waals surface area (Å²) in [7, 11) is 0. The van der Waals surface area contributed by atoms with E-state index in [0.717, 1.165) is 37.2 Å². The average molecular weight is 327 g/mol. The highest BCUT2D eigenvalue weighted by atomic mass is 35.5. The number of hydrogen-bond donors (Lipinski definition) is 2. The molecule has 0 radical (unpaired) electrons. The van der Waals surface area contributed by atoms with Crippen LogP contribution in [0.4, 0.5) is 0 Å². The van der Waals surface area contributed by atoms with Crippen molar-refractivity contribution in [3.63, 3.8) is 0 Å². The van der Waals surface area contributed by atoms with Gasteiger partial charge in [0.25, 0.3) is 0 Å². The fourth-order valence-electron chi connectivity index (χ4n) is 2.46. The lowest BCUT2D eigenvalue weighted by Gasteiger charge is -2.22. The van der Waals surface area contributed by atoms with Crippen LogP contribution in [0, 0.1) is 11.8 Å². The van der Waals surface area contributed by atoms with Gasteiger partial charge in [-0.25, -0.2) is 0 Å². The van der Waals surface area contributed by atoms with Crippen molar-refractivity contribution < 1.29 is 9.53 Å². The Kier molecular flexibility index (Phi) is 8.28. The Morgan fingerprint density at radius 1 is 1.32 bits per heavy atom. The molecule has 0 saturated carbocycles. The molecule has 0 atom stereocenters. The Hall–Kier alpha value is -1.26. The molecule has 0 bridgehead atoms. The molecule has 0 spiro atoms. The van der Waals surface area contributed by atoms with Crippen LogP contribution in [0.5, 0.6) is 5.75 Å². The molecule has 124 valence electrons. The number of para-hydroxylation sites is 1. The minimum atomic E-state index is 0. The van der Waals surface area contributed by atoms with Crippen molar-refractivity contribution in [2.75, 3.05) is 19.7 Å². The third-order valence-electron chi connectivity index (χ3n) is 3.71. The largest absolute Gasteiger partial charge is 0.493 e. The Morgan fingerprint density at radius 2 is 2.00 bits per heavy atom. The second-order valence-corrected chi connectivity index (χ2v) is 6.05. The van der Waals surface area contributed by atoms with Gasteiger partial charge in [-0.05, 0) is 37.9 Å². The molecule has 1 aliphatic heterocycles. The van der Waals surface area contributed by atoms with Crippen LogP contribution in [0.2, 0.25) is 0 Å². The van der Waals surface area contributed by atoms with E-state index in [1.54, 1.807) is 0 Å². The maximum Gasteiger partial charge on any atom is 0.223 e. The lowest BCUT2D eigenvalue weighted by molar-refractivity contribution is -0.125. The van der Waals surface area contributed by atoms with Crippen molar-refractivity contribution >= 4 is 18.3 Å². The van der Waals surface area contributed by atoms with Crippen molar-refractivity contribution in [3.8, 4) is 5.75 Å². The summed E-state index contributed by atoms with van der Waals surface area (Å²) in [4.78, 5) is 12.2. The van der Waals surface area contributed by atoms with Crippen LogP contribution in [0.15, 0.2) is 24.3 Å². The Labute approximate surface area is 139 Å².